The fourth-order valence-electron chi connectivity index (χ4n) is 3.92. The van der Waals surface area contributed by atoms with Crippen LogP contribution in [-0.2, 0) is 11.2 Å². The molecule has 24 heavy (non-hydrogen) atoms. The van der Waals surface area contributed by atoms with Crippen molar-refractivity contribution in [2.75, 3.05) is 39.3 Å². The highest BCUT2D eigenvalue weighted by Gasteiger charge is 2.28. The van der Waals surface area contributed by atoms with Crippen LogP contribution in [0.1, 0.15) is 25.3 Å². The maximum atomic E-state index is 12.6. The maximum absolute atomic E-state index is 12.6. The Morgan fingerprint density at radius 3 is 2.79 bits per heavy atom. The van der Waals surface area contributed by atoms with Crippen LogP contribution in [0.3, 0.4) is 0 Å². The van der Waals surface area contributed by atoms with E-state index in [1.165, 1.54) is 19.4 Å². The second kappa shape index (κ2) is 8.32. The summed E-state index contributed by atoms with van der Waals surface area (Å²) in [6, 6.07) is 7.90. The molecular weight excluding hydrogens is 322 g/mol. The molecule has 2 heterocycles. The number of carbonyl (C=O) groups is 1. The van der Waals surface area contributed by atoms with Crippen molar-refractivity contribution < 1.29 is 4.79 Å². The molecule has 1 aromatic rings. The molecule has 1 atom stereocenters. The predicted octanol–water partition coefficient (Wildman–Crippen LogP) is 2.41. The first-order chi connectivity index (χ1) is 11.6. The van der Waals surface area contributed by atoms with E-state index in [2.05, 4.69) is 17.1 Å². The van der Waals surface area contributed by atoms with E-state index < -0.39 is 0 Å². The van der Waals surface area contributed by atoms with Gasteiger partial charge >= 0.3 is 0 Å². The van der Waals surface area contributed by atoms with Crippen molar-refractivity contribution >= 4 is 17.5 Å². The van der Waals surface area contributed by atoms with Crippen molar-refractivity contribution in [2.24, 2.45) is 5.92 Å². The van der Waals surface area contributed by atoms with E-state index in [0.29, 0.717) is 11.4 Å². The number of rotatable bonds is 4. The number of amides is 1. The Morgan fingerprint density at radius 1 is 1.29 bits per heavy atom. The van der Waals surface area contributed by atoms with Crippen LogP contribution >= 0.6 is 11.6 Å². The Hall–Kier alpha value is -1.10. The van der Waals surface area contributed by atoms with Gasteiger partial charge < -0.3 is 10.2 Å². The summed E-state index contributed by atoms with van der Waals surface area (Å²) in [4.78, 5) is 17.2. The summed E-state index contributed by atoms with van der Waals surface area (Å²) in [5.74, 6) is 1.03. The van der Waals surface area contributed by atoms with Gasteiger partial charge in [-0.1, -0.05) is 23.7 Å². The van der Waals surface area contributed by atoms with E-state index in [1.54, 1.807) is 0 Å². The monoisotopic (exact) mass is 349 g/mol. The molecule has 0 radical (unpaired) electrons. The molecule has 2 fully saturated rings. The minimum absolute atomic E-state index is 0.214. The molecule has 0 spiro atoms. The van der Waals surface area contributed by atoms with E-state index in [9.17, 15) is 4.79 Å². The zero-order chi connectivity index (χ0) is 16.9. The second-order valence-electron chi connectivity index (χ2n) is 7.20. The quantitative estimate of drug-likeness (QED) is 0.906. The van der Waals surface area contributed by atoms with Crippen molar-refractivity contribution in [3.05, 3.63) is 34.9 Å². The zero-order valence-electron chi connectivity index (χ0n) is 14.5. The van der Waals surface area contributed by atoms with Crippen molar-refractivity contribution in [3.63, 3.8) is 0 Å². The molecule has 0 saturated carbocycles. The molecule has 5 heteroatoms. The van der Waals surface area contributed by atoms with Gasteiger partial charge in [0, 0.05) is 37.2 Å². The number of carbonyl (C=O) groups excluding carboxylic acids is 1. The summed E-state index contributed by atoms with van der Waals surface area (Å²) < 4.78 is 0. The van der Waals surface area contributed by atoms with Crippen LogP contribution in [0.15, 0.2) is 24.3 Å². The van der Waals surface area contributed by atoms with Crippen LogP contribution in [0.2, 0.25) is 5.02 Å². The Balaban J connectivity index is 1.50. The van der Waals surface area contributed by atoms with Gasteiger partial charge in [0.1, 0.15) is 0 Å². The summed E-state index contributed by atoms with van der Waals surface area (Å²) in [6.07, 6.45) is 3.00. The molecule has 2 aliphatic rings. The largest absolute Gasteiger partial charge is 0.337 e. The van der Waals surface area contributed by atoms with E-state index in [4.69, 9.17) is 11.6 Å². The molecule has 1 N–H and O–H groups in total. The van der Waals surface area contributed by atoms with E-state index in [-0.39, 0.29) is 11.9 Å². The van der Waals surface area contributed by atoms with Crippen LogP contribution < -0.4 is 5.32 Å². The fraction of sp³-hybridized carbons (Fsp3) is 0.632. The lowest BCUT2D eigenvalue weighted by Gasteiger charge is -2.41. The molecular formula is C19H28ClN3O. The number of benzene rings is 1. The SMILES string of the molecule is CC1CN(CC2CCNCC2)CCN1C(=O)Cc1cccc(Cl)c1. The molecule has 0 aromatic heterocycles. The molecule has 1 unspecified atom stereocenters. The van der Waals surface area contributed by atoms with Gasteiger partial charge in [-0.25, -0.2) is 0 Å². The molecule has 4 nitrogen and oxygen atoms in total. The van der Waals surface area contributed by atoms with Gasteiger partial charge in [-0.05, 0) is 56.5 Å². The number of halogens is 1. The number of piperazine rings is 1. The molecule has 2 aliphatic heterocycles. The molecule has 2 saturated heterocycles. The third-order valence-corrected chi connectivity index (χ3v) is 5.49. The van der Waals surface area contributed by atoms with E-state index >= 15 is 0 Å². The van der Waals surface area contributed by atoms with Gasteiger partial charge in [-0.3, -0.25) is 9.69 Å². The number of piperidine rings is 1. The summed E-state index contributed by atoms with van der Waals surface area (Å²) in [7, 11) is 0. The lowest BCUT2D eigenvalue weighted by molar-refractivity contribution is -0.135. The molecule has 0 bridgehead atoms. The lowest BCUT2D eigenvalue weighted by Crippen LogP contribution is -2.55. The van der Waals surface area contributed by atoms with Crippen LogP contribution in [0, 0.1) is 5.92 Å². The van der Waals surface area contributed by atoms with Crippen LogP contribution in [0.4, 0.5) is 0 Å². The highest BCUT2D eigenvalue weighted by molar-refractivity contribution is 6.30. The average molecular weight is 350 g/mol. The van der Waals surface area contributed by atoms with Gasteiger partial charge in [-0.15, -0.1) is 0 Å². The Bertz CT molecular complexity index is 559. The van der Waals surface area contributed by atoms with Crippen molar-refractivity contribution in [2.45, 2.75) is 32.2 Å². The average Bonchev–Trinajstić information content (AvgIpc) is 2.56. The first-order valence-corrected chi connectivity index (χ1v) is 9.46. The third kappa shape index (κ3) is 4.71. The third-order valence-electron chi connectivity index (χ3n) is 5.25. The smallest absolute Gasteiger partial charge is 0.227 e. The van der Waals surface area contributed by atoms with Gasteiger partial charge in [0.2, 0.25) is 5.91 Å². The van der Waals surface area contributed by atoms with E-state index in [1.807, 2.05) is 29.2 Å². The maximum Gasteiger partial charge on any atom is 0.227 e. The van der Waals surface area contributed by atoms with Crippen LogP contribution in [0.25, 0.3) is 0 Å². The summed E-state index contributed by atoms with van der Waals surface area (Å²) in [6.45, 7) is 8.48. The van der Waals surface area contributed by atoms with Gasteiger partial charge in [0.25, 0.3) is 0 Å². The number of nitrogens with one attached hydrogen (secondary N) is 1. The summed E-state index contributed by atoms with van der Waals surface area (Å²) >= 11 is 6.02. The minimum Gasteiger partial charge on any atom is -0.337 e. The predicted molar refractivity (Wildman–Crippen MR) is 98.4 cm³/mol. The number of hydrogen-bond donors (Lipinski definition) is 1. The molecule has 132 valence electrons. The topological polar surface area (TPSA) is 35.6 Å². The summed E-state index contributed by atoms with van der Waals surface area (Å²) in [5.41, 5.74) is 0.997. The van der Waals surface area contributed by atoms with Crippen LogP contribution in [0.5, 0.6) is 0 Å². The normalized spacial score (nSPS) is 23.4. The van der Waals surface area contributed by atoms with Gasteiger partial charge in [0.05, 0.1) is 6.42 Å². The number of nitrogens with zero attached hydrogens (tertiary/aromatic N) is 2. The van der Waals surface area contributed by atoms with Crippen molar-refractivity contribution in [1.82, 2.24) is 15.1 Å². The van der Waals surface area contributed by atoms with E-state index in [0.717, 1.165) is 44.2 Å². The Labute approximate surface area is 150 Å². The molecule has 1 aromatic carbocycles. The van der Waals surface area contributed by atoms with Crippen LogP contribution in [-0.4, -0.2) is 61.0 Å². The highest BCUT2D eigenvalue weighted by Crippen LogP contribution is 2.18. The van der Waals surface area contributed by atoms with Crippen molar-refractivity contribution in [1.29, 1.82) is 0 Å². The lowest BCUT2D eigenvalue weighted by atomic mass is 9.97. The summed E-state index contributed by atoms with van der Waals surface area (Å²) in [5, 5.41) is 4.12. The highest BCUT2D eigenvalue weighted by atomic mass is 35.5. The molecule has 0 aliphatic carbocycles. The molecule has 1 amide bonds. The fourth-order valence-corrected chi connectivity index (χ4v) is 4.13. The zero-order valence-corrected chi connectivity index (χ0v) is 15.3. The standard InChI is InChI=1S/C19H28ClN3O/c1-15-13-22(14-16-5-7-21-8-6-16)9-10-23(15)19(24)12-17-3-2-4-18(20)11-17/h2-4,11,15-16,21H,5-10,12-14H2,1H3. The first kappa shape index (κ1) is 17.7. The first-order valence-electron chi connectivity index (χ1n) is 9.09. The van der Waals surface area contributed by atoms with Gasteiger partial charge in [-0.2, -0.15) is 0 Å². The van der Waals surface area contributed by atoms with Gasteiger partial charge in [0.15, 0.2) is 0 Å². The minimum atomic E-state index is 0.214. The Morgan fingerprint density at radius 2 is 2.08 bits per heavy atom. The Kier molecular flexibility index (Phi) is 6.14. The second-order valence-corrected chi connectivity index (χ2v) is 7.63. The van der Waals surface area contributed by atoms with Crippen molar-refractivity contribution in [3.8, 4) is 0 Å². The molecule has 3 rings (SSSR count). The number of hydrogen-bond acceptors (Lipinski definition) is 3.